The summed E-state index contributed by atoms with van der Waals surface area (Å²) in [6, 6.07) is 2.07. The molecule has 0 aromatic carbocycles. The van der Waals surface area contributed by atoms with Gasteiger partial charge in [-0.25, -0.2) is 9.67 Å². The number of carbonyl (C=O) groups is 1. The molecule has 0 saturated carbocycles. The number of hydrogen-bond donors (Lipinski definition) is 1. The Morgan fingerprint density at radius 3 is 2.52 bits per heavy atom. The molecule has 0 aliphatic carbocycles. The highest BCUT2D eigenvalue weighted by molar-refractivity contribution is 6.06. The third-order valence-electron chi connectivity index (χ3n) is 6.54. The quantitative estimate of drug-likeness (QED) is 0.760. The Hall–Kier alpha value is -2.03. The van der Waals surface area contributed by atoms with E-state index in [1.807, 2.05) is 24.6 Å². The van der Waals surface area contributed by atoms with E-state index in [9.17, 15) is 4.79 Å². The van der Waals surface area contributed by atoms with Crippen LogP contribution in [0.25, 0.3) is 11.0 Å². The SMILES string of the molecule is Cc1cc(C(=O)NCC2(CN3CCOCC3)CCOCC2)c2c(C)nn(C(C)C)c2n1. The molecule has 2 aliphatic heterocycles. The highest BCUT2D eigenvalue weighted by atomic mass is 16.5. The van der Waals surface area contributed by atoms with E-state index in [1.54, 1.807) is 0 Å². The summed E-state index contributed by atoms with van der Waals surface area (Å²) in [5, 5.41) is 8.77. The van der Waals surface area contributed by atoms with E-state index in [4.69, 9.17) is 9.47 Å². The monoisotopic (exact) mass is 429 g/mol. The molecule has 0 radical (unpaired) electrons. The van der Waals surface area contributed by atoms with Crippen LogP contribution in [0.3, 0.4) is 0 Å². The van der Waals surface area contributed by atoms with Crippen molar-refractivity contribution in [2.45, 2.75) is 46.6 Å². The van der Waals surface area contributed by atoms with Crippen molar-refractivity contribution >= 4 is 16.9 Å². The maximum Gasteiger partial charge on any atom is 0.252 e. The number of ether oxygens (including phenoxy) is 2. The molecule has 2 fully saturated rings. The minimum absolute atomic E-state index is 0.0313. The maximum atomic E-state index is 13.4. The van der Waals surface area contributed by atoms with E-state index in [-0.39, 0.29) is 17.4 Å². The van der Waals surface area contributed by atoms with Crippen LogP contribution >= 0.6 is 0 Å². The molecule has 0 spiro atoms. The van der Waals surface area contributed by atoms with Gasteiger partial charge in [-0.1, -0.05) is 0 Å². The van der Waals surface area contributed by atoms with E-state index < -0.39 is 0 Å². The number of aromatic nitrogens is 3. The highest BCUT2D eigenvalue weighted by Crippen LogP contribution is 2.32. The van der Waals surface area contributed by atoms with Gasteiger partial charge in [0.1, 0.15) is 0 Å². The average Bonchev–Trinajstić information content (AvgIpc) is 3.09. The van der Waals surface area contributed by atoms with Crippen molar-refractivity contribution in [2.75, 3.05) is 52.6 Å². The zero-order valence-corrected chi connectivity index (χ0v) is 19.2. The molecule has 2 saturated heterocycles. The number of fused-ring (bicyclic) bond motifs is 1. The predicted molar refractivity (Wildman–Crippen MR) is 119 cm³/mol. The lowest BCUT2D eigenvalue weighted by Gasteiger charge is -2.42. The van der Waals surface area contributed by atoms with E-state index >= 15 is 0 Å². The van der Waals surface area contributed by atoms with Crippen LogP contribution in [0.4, 0.5) is 0 Å². The summed E-state index contributed by atoms with van der Waals surface area (Å²) in [6.45, 7) is 14.6. The number of rotatable bonds is 6. The third-order valence-corrected chi connectivity index (χ3v) is 6.54. The van der Waals surface area contributed by atoms with Crippen LogP contribution in [-0.2, 0) is 9.47 Å². The molecule has 31 heavy (non-hydrogen) atoms. The molecule has 0 bridgehead atoms. The van der Waals surface area contributed by atoms with E-state index in [2.05, 4.69) is 34.1 Å². The number of nitrogens with zero attached hydrogens (tertiary/aromatic N) is 4. The number of morpholine rings is 1. The average molecular weight is 430 g/mol. The van der Waals surface area contributed by atoms with Crippen LogP contribution < -0.4 is 5.32 Å². The van der Waals surface area contributed by atoms with Crippen LogP contribution in [0, 0.1) is 19.3 Å². The van der Waals surface area contributed by atoms with Gasteiger partial charge in [0, 0.05) is 56.5 Å². The van der Waals surface area contributed by atoms with Crippen molar-refractivity contribution in [3.8, 4) is 0 Å². The standard InChI is InChI=1S/C23H35N5O3/c1-16(2)28-21-20(18(4)26-28)19(13-17(3)25-21)22(29)24-14-23(5-9-30-10-6-23)15-27-7-11-31-12-8-27/h13,16H,5-12,14-15H2,1-4H3,(H,24,29). The second-order valence-corrected chi connectivity index (χ2v) is 9.32. The van der Waals surface area contributed by atoms with Crippen molar-refractivity contribution in [1.29, 1.82) is 0 Å². The van der Waals surface area contributed by atoms with E-state index in [0.29, 0.717) is 12.1 Å². The fourth-order valence-corrected chi connectivity index (χ4v) is 4.77. The molecule has 4 heterocycles. The van der Waals surface area contributed by atoms with Gasteiger partial charge in [0.15, 0.2) is 5.65 Å². The Morgan fingerprint density at radius 2 is 1.84 bits per heavy atom. The number of carbonyl (C=O) groups excluding carboxylic acids is 1. The van der Waals surface area contributed by atoms with Gasteiger partial charge in [-0.15, -0.1) is 0 Å². The number of hydrogen-bond acceptors (Lipinski definition) is 6. The van der Waals surface area contributed by atoms with Gasteiger partial charge in [-0.2, -0.15) is 5.10 Å². The highest BCUT2D eigenvalue weighted by Gasteiger charge is 2.35. The van der Waals surface area contributed by atoms with Crippen molar-refractivity contribution in [1.82, 2.24) is 25.0 Å². The zero-order valence-electron chi connectivity index (χ0n) is 19.2. The molecule has 2 aromatic rings. The second kappa shape index (κ2) is 9.22. The maximum absolute atomic E-state index is 13.4. The first kappa shape index (κ1) is 22.2. The first-order valence-corrected chi connectivity index (χ1v) is 11.4. The Bertz CT molecular complexity index is 927. The fourth-order valence-electron chi connectivity index (χ4n) is 4.77. The fraction of sp³-hybridized carbons (Fsp3) is 0.696. The minimum Gasteiger partial charge on any atom is -0.381 e. The van der Waals surface area contributed by atoms with Crippen molar-refractivity contribution in [3.63, 3.8) is 0 Å². The summed E-state index contributed by atoms with van der Waals surface area (Å²) in [4.78, 5) is 20.5. The molecule has 1 N–H and O–H groups in total. The molecule has 1 amide bonds. The summed E-state index contributed by atoms with van der Waals surface area (Å²) in [7, 11) is 0. The van der Waals surface area contributed by atoms with Crippen molar-refractivity contribution in [3.05, 3.63) is 23.0 Å². The molecular formula is C23H35N5O3. The van der Waals surface area contributed by atoms with Crippen molar-refractivity contribution in [2.24, 2.45) is 5.41 Å². The van der Waals surface area contributed by atoms with Gasteiger partial charge in [-0.05, 0) is 46.6 Å². The summed E-state index contributed by atoms with van der Waals surface area (Å²) in [5.74, 6) is -0.0465. The van der Waals surface area contributed by atoms with Crippen LogP contribution in [0.15, 0.2) is 6.07 Å². The third kappa shape index (κ3) is 4.76. The van der Waals surface area contributed by atoms with Crippen molar-refractivity contribution < 1.29 is 14.3 Å². The molecule has 8 nitrogen and oxygen atoms in total. The molecule has 2 aromatic heterocycles. The van der Waals surface area contributed by atoms with Gasteiger partial charge in [-0.3, -0.25) is 9.69 Å². The topological polar surface area (TPSA) is 81.5 Å². The van der Waals surface area contributed by atoms with Gasteiger partial charge in [0.2, 0.25) is 0 Å². The van der Waals surface area contributed by atoms with Crippen LogP contribution in [0.2, 0.25) is 0 Å². The predicted octanol–water partition coefficient (Wildman–Crippen LogP) is 2.49. The summed E-state index contributed by atoms with van der Waals surface area (Å²) in [5.41, 5.74) is 3.15. The van der Waals surface area contributed by atoms with Crippen LogP contribution in [0.5, 0.6) is 0 Å². The molecule has 170 valence electrons. The van der Waals surface area contributed by atoms with Crippen LogP contribution in [0.1, 0.15) is 54.5 Å². The number of aryl methyl sites for hydroxylation is 2. The van der Waals surface area contributed by atoms with Gasteiger partial charge in [0.25, 0.3) is 5.91 Å². The molecule has 0 atom stereocenters. The lowest BCUT2D eigenvalue weighted by Crippen LogP contribution is -2.50. The smallest absolute Gasteiger partial charge is 0.252 e. The lowest BCUT2D eigenvalue weighted by atomic mass is 9.79. The normalized spacial score (nSPS) is 19.8. The minimum atomic E-state index is -0.0465. The van der Waals surface area contributed by atoms with Gasteiger partial charge >= 0.3 is 0 Å². The summed E-state index contributed by atoms with van der Waals surface area (Å²) < 4.78 is 13.1. The first-order chi connectivity index (χ1) is 14.9. The Kier molecular flexibility index (Phi) is 6.60. The number of amides is 1. The number of nitrogens with one attached hydrogen (secondary N) is 1. The van der Waals surface area contributed by atoms with E-state index in [0.717, 1.165) is 81.3 Å². The van der Waals surface area contributed by atoms with Gasteiger partial charge < -0.3 is 14.8 Å². The Balaban J connectivity index is 1.56. The molecule has 0 unspecified atom stereocenters. The van der Waals surface area contributed by atoms with Crippen LogP contribution in [-0.4, -0.2) is 78.2 Å². The summed E-state index contributed by atoms with van der Waals surface area (Å²) in [6.07, 6.45) is 1.92. The molecule has 4 rings (SSSR count). The summed E-state index contributed by atoms with van der Waals surface area (Å²) >= 11 is 0. The van der Waals surface area contributed by atoms with E-state index in [1.165, 1.54) is 0 Å². The largest absolute Gasteiger partial charge is 0.381 e. The Labute approximate surface area is 184 Å². The lowest BCUT2D eigenvalue weighted by molar-refractivity contribution is -0.0283. The first-order valence-electron chi connectivity index (χ1n) is 11.4. The molecule has 2 aliphatic rings. The molecular weight excluding hydrogens is 394 g/mol. The Morgan fingerprint density at radius 1 is 1.16 bits per heavy atom. The molecule has 8 heteroatoms. The second-order valence-electron chi connectivity index (χ2n) is 9.32. The number of pyridine rings is 1. The zero-order chi connectivity index (χ0) is 22.0. The van der Waals surface area contributed by atoms with Gasteiger partial charge in [0.05, 0.1) is 29.9 Å².